The van der Waals surface area contributed by atoms with Crippen molar-refractivity contribution in [2.45, 2.75) is 35.5 Å². The molecule has 3 aliphatic rings. The molecule has 2 aromatic rings. The molecule has 0 radical (unpaired) electrons. The smallest absolute Gasteiger partial charge is 0.323 e. The number of nitrogens with zero attached hydrogens (tertiary/aromatic N) is 2. The van der Waals surface area contributed by atoms with Crippen LogP contribution in [0.4, 0.5) is 0 Å². The summed E-state index contributed by atoms with van der Waals surface area (Å²) in [4.78, 5) is 68.1. The zero-order chi connectivity index (χ0) is 25.6. The van der Waals surface area contributed by atoms with Crippen molar-refractivity contribution >= 4 is 58.4 Å². The number of likely N-dealkylation sites (tertiary alicyclic amines) is 2. The standard InChI is InChI=1S/C23H22ClN3O7S2/c24-11-4-5-13(34-10-14(28)26-6-2-1-3-7-26)12(8-11)16-17-19(35-20-18(16)36-23(33)25-20)22(32)27(21(17)31)9-15(29)30/h4-5,8,16-17,19H,1-3,6-7,9-10H2,(H,25,33)(H,29,30)/t16-,17?,19?/m0/s1. The molecule has 0 spiro atoms. The number of nitrogens with one attached hydrogen (secondary N) is 1. The van der Waals surface area contributed by atoms with Crippen LogP contribution in [0.3, 0.4) is 0 Å². The van der Waals surface area contributed by atoms with Crippen LogP contribution in [0, 0.1) is 5.92 Å². The maximum Gasteiger partial charge on any atom is 0.323 e. The van der Waals surface area contributed by atoms with E-state index in [1.807, 2.05) is 0 Å². The van der Waals surface area contributed by atoms with E-state index in [2.05, 4.69) is 4.98 Å². The van der Waals surface area contributed by atoms with Crippen LogP contribution in [-0.4, -0.2) is 75.1 Å². The first-order valence-electron chi connectivity index (χ1n) is 11.4. The summed E-state index contributed by atoms with van der Waals surface area (Å²) in [6.07, 6.45) is 2.97. The fraction of sp³-hybridized carbons (Fsp3) is 0.435. The van der Waals surface area contributed by atoms with Gasteiger partial charge in [0, 0.05) is 34.5 Å². The minimum Gasteiger partial charge on any atom is -0.483 e. The number of aromatic nitrogens is 1. The summed E-state index contributed by atoms with van der Waals surface area (Å²) in [6, 6.07) is 4.80. The molecule has 3 atom stereocenters. The number of fused-ring (bicyclic) bond motifs is 2. The number of carboxylic acid groups (broad SMARTS) is 1. The van der Waals surface area contributed by atoms with Gasteiger partial charge in [-0.2, -0.15) is 0 Å². The normalized spacial score (nSPS) is 23.4. The Balaban J connectivity index is 1.53. The van der Waals surface area contributed by atoms with Gasteiger partial charge in [0.05, 0.1) is 10.9 Å². The van der Waals surface area contributed by atoms with Crippen LogP contribution >= 0.6 is 34.7 Å². The summed E-state index contributed by atoms with van der Waals surface area (Å²) in [5, 5.41) is 9.11. The topological polar surface area (TPSA) is 137 Å². The third kappa shape index (κ3) is 4.53. The molecular weight excluding hydrogens is 530 g/mol. The van der Waals surface area contributed by atoms with Crippen molar-refractivity contribution in [1.29, 1.82) is 0 Å². The Morgan fingerprint density at radius 2 is 1.89 bits per heavy atom. The lowest BCUT2D eigenvalue weighted by atomic mass is 9.82. The van der Waals surface area contributed by atoms with E-state index in [0.717, 1.165) is 47.3 Å². The zero-order valence-electron chi connectivity index (χ0n) is 18.9. The van der Waals surface area contributed by atoms with Crippen LogP contribution in [0.25, 0.3) is 0 Å². The number of carbonyl (C=O) groups excluding carboxylic acids is 3. The second-order valence-corrected chi connectivity index (χ2v) is 11.4. The Bertz CT molecular complexity index is 1300. The number of aromatic amines is 1. The van der Waals surface area contributed by atoms with E-state index < -0.39 is 41.4 Å². The Labute approximate surface area is 218 Å². The highest BCUT2D eigenvalue weighted by molar-refractivity contribution is 8.00. The number of carbonyl (C=O) groups is 4. The fourth-order valence-corrected chi connectivity index (χ4v) is 7.68. The van der Waals surface area contributed by atoms with E-state index in [1.165, 1.54) is 0 Å². The SMILES string of the molecule is O=C(O)CN1C(=O)C2Sc3[nH]c(=O)sc3[C@@H](c3cc(Cl)ccc3OCC(=O)N3CCCCC3)C2C1=O. The molecule has 4 heterocycles. The predicted molar refractivity (Wildman–Crippen MR) is 132 cm³/mol. The Morgan fingerprint density at radius 3 is 2.61 bits per heavy atom. The van der Waals surface area contributed by atoms with Gasteiger partial charge in [-0.25, -0.2) is 0 Å². The van der Waals surface area contributed by atoms with Crippen LogP contribution in [-0.2, 0) is 19.2 Å². The average Bonchev–Trinajstić information content (AvgIpc) is 3.34. The van der Waals surface area contributed by atoms with Gasteiger partial charge in [-0.1, -0.05) is 34.7 Å². The maximum absolute atomic E-state index is 13.4. The first kappa shape index (κ1) is 24.8. The lowest BCUT2D eigenvalue weighted by Gasteiger charge is -2.31. The summed E-state index contributed by atoms with van der Waals surface area (Å²) in [6.45, 7) is 0.399. The van der Waals surface area contributed by atoms with Gasteiger partial charge in [-0.3, -0.25) is 28.9 Å². The minimum atomic E-state index is -1.30. The van der Waals surface area contributed by atoms with E-state index >= 15 is 0 Å². The fourth-order valence-electron chi connectivity index (χ4n) is 4.97. The molecule has 36 heavy (non-hydrogen) atoms. The molecule has 5 rings (SSSR count). The highest BCUT2D eigenvalue weighted by atomic mass is 35.5. The minimum absolute atomic E-state index is 0.153. The number of hydrogen-bond acceptors (Lipinski definition) is 8. The number of piperidine rings is 1. The predicted octanol–water partition coefficient (Wildman–Crippen LogP) is 2.16. The number of ether oxygens (including phenoxy) is 1. The van der Waals surface area contributed by atoms with Gasteiger partial charge >= 0.3 is 10.8 Å². The average molecular weight is 552 g/mol. The van der Waals surface area contributed by atoms with Crippen LogP contribution < -0.4 is 9.61 Å². The number of halogens is 1. The monoisotopic (exact) mass is 551 g/mol. The number of benzene rings is 1. The molecule has 2 N–H and O–H groups in total. The molecule has 0 saturated carbocycles. The van der Waals surface area contributed by atoms with E-state index in [4.69, 9.17) is 16.3 Å². The van der Waals surface area contributed by atoms with Gasteiger partial charge < -0.3 is 19.7 Å². The van der Waals surface area contributed by atoms with Crippen molar-refractivity contribution in [2.24, 2.45) is 5.92 Å². The van der Waals surface area contributed by atoms with Crippen molar-refractivity contribution in [3.05, 3.63) is 43.3 Å². The van der Waals surface area contributed by atoms with Gasteiger partial charge in [0.15, 0.2) is 6.61 Å². The molecule has 2 saturated heterocycles. The van der Waals surface area contributed by atoms with Crippen molar-refractivity contribution in [3.63, 3.8) is 0 Å². The third-order valence-corrected chi connectivity index (χ3v) is 9.21. The molecule has 1 aromatic heterocycles. The summed E-state index contributed by atoms with van der Waals surface area (Å²) >= 11 is 8.29. The highest BCUT2D eigenvalue weighted by Crippen LogP contribution is 2.54. The second-order valence-electron chi connectivity index (χ2n) is 8.82. The lowest BCUT2D eigenvalue weighted by molar-refractivity contribution is -0.149. The van der Waals surface area contributed by atoms with Crippen LogP contribution in [0.1, 0.15) is 35.6 Å². The quantitative estimate of drug-likeness (QED) is 0.521. The molecule has 2 unspecified atom stereocenters. The van der Waals surface area contributed by atoms with Gasteiger partial charge in [-0.05, 0) is 37.5 Å². The van der Waals surface area contributed by atoms with Crippen LogP contribution in [0.2, 0.25) is 5.02 Å². The third-order valence-electron chi connectivity index (χ3n) is 6.58. The number of amides is 3. The number of rotatable bonds is 6. The molecule has 13 heteroatoms. The number of carboxylic acids is 1. The van der Waals surface area contributed by atoms with E-state index in [9.17, 15) is 29.1 Å². The number of hydrogen-bond donors (Lipinski definition) is 2. The van der Waals surface area contributed by atoms with E-state index in [0.29, 0.717) is 39.3 Å². The largest absolute Gasteiger partial charge is 0.483 e. The van der Waals surface area contributed by atoms with E-state index in [-0.39, 0.29) is 17.4 Å². The second kappa shape index (κ2) is 9.91. The molecule has 2 fully saturated rings. The first-order chi connectivity index (χ1) is 17.2. The summed E-state index contributed by atoms with van der Waals surface area (Å²) in [5.74, 6) is -4.15. The molecule has 190 valence electrons. The van der Waals surface area contributed by atoms with Crippen molar-refractivity contribution in [2.75, 3.05) is 26.2 Å². The van der Waals surface area contributed by atoms with Crippen molar-refractivity contribution in [1.82, 2.24) is 14.8 Å². The van der Waals surface area contributed by atoms with Crippen molar-refractivity contribution in [3.8, 4) is 5.75 Å². The molecule has 0 aliphatic carbocycles. The molecule has 3 aliphatic heterocycles. The summed E-state index contributed by atoms with van der Waals surface area (Å²) in [7, 11) is 0. The molecule has 3 amide bonds. The summed E-state index contributed by atoms with van der Waals surface area (Å²) in [5.41, 5.74) is 0.457. The lowest BCUT2D eigenvalue weighted by Crippen LogP contribution is -2.38. The molecule has 10 nitrogen and oxygen atoms in total. The van der Waals surface area contributed by atoms with E-state index in [1.54, 1.807) is 23.1 Å². The Kier molecular flexibility index (Phi) is 6.84. The van der Waals surface area contributed by atoms with Crippen LogP contribution in [0.15, 0.2) is 28.0 Å². The number of thiazole rings is 1. The van der Waals surface area contributed by atoms with Crippen LogP contribution in [0.5, 0.6) is 5.75 Å². The maximum atomic E-state index is 13.4. The number of aliphatic carboxylic acids is 1. The molecule has 1 aromatic carbocycles. The number of imide groups is 1. The van der Waals surface area contributed by atoms with Gasteiger partial charge in [0.1, 0.15) is 17.5 Å². The highest BCUT2D eigenvalue weighted by Gasteiger charge is 2.56. The zero-order valence-corrected chi connectivity index (χ0v) is 21.3. The molecular formula is C23H22ClN3O7S2. The van der Waals surface area contributed by atoms with Gasteiger partial charge in [0.2, 0.25) is 11.8 Å². The molecule has 0 bridgehead atoms. The first-order valence-corrected chi connectivity index (χ1v) is 13.5. The Morgan fingerprint density at radius 1 is 1.14 bits per heavy atom. The number of thioether (sulfide) groups is 1. The Hall–Kier alpha value is -2.83. The number of H-pyrrole nitrogens is 1. The van der Waals surface area contributed by atoms with Gasteiger partial charge in [0.25, 0.3) is 5.91 Å². The van der Waals surface area contributed by atoms with Gasteiger partial charge in [-0.15, -0.1) is 0 Å². The summed E-state index contributed by atoms with van der Waals surface area (Å²) < 4.78 is 5.94. The van der Waals surface area contributed by atoms with Crippen molar-refractivity contribution < 1.29 is 29.0 Å².